The summed E-state index contributed by atoms with van der Waals surface area (Å²) in [6.07, 6.45) is 0.702. The SMILES string of the molecule is CCc1nc(C(=O)N2C[C@@H](CN)[C@H](c3ccccc3)C2)nn1-c1ccccc1.Cl. The minimum atomic E-state index is -0.124. The molecule has 0 spiro atoms. The van der Waals surface area contributed by atoms with E-state index in [0.717, 1.165) is 11.5 Å². The zero-order chi connectivity index (χ0) is 19.5. The fraction of sp³-hybridized carbons (Fsp3) is 0.318. The van der Waals surface area contributed by atoms with Crippen LogP contribution in [0.5, 0.6) is 0 Å². The van der Waals surface area contributed by atoms with E-state index < -0.39 is 0 Å². The molecule has 0 bridgehead atoms. The van der Waals surface area contributed by atoms with E-state index in [1.807, 2.05) is 60.4 Å². The summed E-state index contributed by atoms with van der Waals surface area (Å²) >= 11 is 0. The molecule has 1 aromatic heterocycles. The van der Waals surface area contributed by atoms with Crippen LogP contribution < -0.4 is 5.73 Å². The first-order valence-corrected chi connectivity index (χ1v) is 9.77. The molecule has 2 N–H and O–H groups in total. The molecular formula is C22H26ClN5O. The Kier molecular flexibility index (Phi) is 6.67. The average Bonchev–Trinajstić information content (AvgIpc) is 3.39. The fourth-order valence-corrected chi connectivity index (χ4v) is 3.93. The van der Waals surface area contributed by atoms with Crippen LogP contribution in [0.1, 0.15) is 34.8 Å². The second-order valence-electron chi connectivity index (χ2n) is 7.18. The van der Waals surface area contributed by atoms with E-state index in [9.17, 15) is 4.79 Å². The molecule has 2 atom stereocenters. The number of rotatable bonds is 5. The summed E-state index contributed by atoms with van der Waals surface area (Å²) < 4.78 is 1.76. The van der Waals surface area contributed by atoms with Gasteiger partial charge in [-0.15, -0.1) is 17.5 Å². The van der Waals surface area contributed by atoms with Crippen LogP contribution in [-0.2, 0) is 6.42 Å². The van der Waals surface area contributed by atoms with Crippen LogP contribution in [0.15, 0.2) is 60.7 Å². The van der Waals surface area contributed by atoms with Gasteiger partial charge in [-0.2, -0.15) is 0 Å². The molecule has 0 radical (unpaired) electrons. The van der Waals surface area contributed by atoms with Crippen LogP contribution in [0, 0.1) is 5.92 Å². The number of nitrogens with zero attached hydrogens (tertiary/aromatic N) is 4. The van der Waals surface area contributed by atoms with Crippen molar-refractivity contribution in [2.24, 2.45) is 11.7 Å². The van der Waals surface area contributed by atoms with Crippen molar-refractivity contribution in [1.29, 1.82) is 0 Å². The van der Waals surface area contributed by atoms with Gasteiger partial charge in [-0.25, -0.2) is 9.67 Å². The van der Waals surface area contributed by atoms with Crippen molar-refractivity contribution in [2.45, 2.75) is 19.3 Å². The van der Waals surface area contributed by atoms with Crippen LogP contribution in [0.2, 0.25) is 0 Å². The van der Waals surface area contributed by atoms with Crippen molar-refractivity contribution < 1.29 is 4.79 Å². The van der Waals surface area contributed by atoms with Gasteiger partial charge in [0.25, 0.3) is 5.91 Å². The van der Waals surface area contributed by atoms with Crippen molar-refractivity contribution >= 4 is 18.3 Å². The Morgan fingerprint density at radius 3 is 2.34 bits per heavy atom. The van der Waals surface area contributed by atoms with Gasteiger partial charge < -0.3 is 10.6 Å². The number of likely N-dealkylation sites (tertiary alicyclic amines) is 1. The van der Waals surface area contributed by atoms with Gasteiger partial charge in [-0.1, -0.05) is 55.5 Å². The molecule has 29 heavy (non-hydrogen) atoms. The smallest absolute Gasteiger partial charge is 0.293 e. The number of hydrogen-bond donors (Lipinski definition) is 1. The van der Waals surface area contributed by atoms with Crippen molar-refractivity contribution in [3.8, 4) is 5.69 Å². The highest BCUT2D eigenvalue weighted by Crippen LogP contribution is 2.32. The van der Waals surface area contributed by atoms with Crippen molar-refractivity contribution in [3.05, 3.63) is 77.9 Å². The normalized spacial score (nSPS) is 18.5. The van der Waals surface area contributed by atoms with E-state index in [2.05, 4.69) is 22.2 Å². The van der Waals surface area contributed by atoms with Gasteiger partial charge >= 0.3 is 0 Å². The maximum Gasteiger partial charge on any atom is 0.293 e. The molecule has 0 saturated carbocycles. The minimum Gasteiger partial charge on any atom is -0.335 e. The molecular weight excluding hydrogens is 386 g/mol. The van der Waals surface area contributed by atoms with Crippen LogP contribution >= 0.6 is 12.4 Å². The molecule has 0 aliphatic carbocycles. The van der Waals surface area contributed by atoms with Crippen LogP contribution in [0.25, 0.3) is 5.69 Å². The van der Waals surface area contributed by atoms with Crippen molar-refractivity contribution in [1.82, 2.24) is 19.7 Å². The Morgan fingerprint density at radius 1 is 1.07 bits per heavy atom. The van der Waals surface area contributed by atoms with E-state index in [-0.39, 0.29) is 36.0 Å². The van der Waals surface area contributed by atoms with Gasteiger partial charge in [0.1, 0.15) is 5.82 Å². The molecule has 1 amide bonds. The number of hydrogen-bond acceptors (Lipinski definition) is 4. The summed E-state index contributed by atoms with van der Waals surface area (Å²) in [5, 5.41) is 4.53. The molecule has 6 nitrogen and oxygen atoms in total. The zero-order valence-electron chi connectivity index (χ0n) is 16.4. The lowest BCUT2D eigenvalue weighted by Crippen LogP contribution is -2.30. The van der Waals surface area contributed by atoms with Crippen molar-refractivity contribution in [2.75, 3.05) is 19.6 Å². The van der Waals surface area contributed by atoms with E-state index in [0.29, 0.717) is 26.1 Å². The number of halogens is 1. The quantitative estimate of drug-likeness (QED) is 0.699. The first-order valence-electron chi connectivity index (χ1n) is 9.77. The molecule has 152 valence electrons. The molecule has 0 unspecified atom stereocenters. The van der Waals surface area contributed by atoms with Gasteiger partial charge in [-0.05, 0) is 30.2 Å². The lowest BCUT2D eigenvalue weighted by molar-refractivity contribution is 0.0774. The Morgan fingerprint density at radius 2 is 1.72 bits per heavy atom. The van der Waals surface area contributed by atoms with Gasteiger partial charge in [0.2, 0.25) is 5.82 Å². The number of amides is 1. The molecule has 3 aromatic rings. The number of para-hydroxylation sites is 1. The first-order chi connectivity index (χ1) is 13.7. The highest BCUT2D eigenvalue weighted by molar-refractivity contribution is 5.90. The predicted octanol–water partition coefficient (Wildman–Crippen LogP) is 3.07. The average molecular weight is 412 g/mol. The van der Waals surface area contributed by atoms with E-state index in [1.54, 1.807) is 4.68 Å². The highest BCUT2D eigenvalue weighted by Gasteiger charge is 2.37. The second kappa shape index (κ2) is 9.20. The van der Waals surface area contributed by atoms with Crippen LogP contribution in [-0.4, -0.2) is 45.2 Å². The minimum absolute atomic E-state index is 0. The van der Waals surface area contributed by atoms with Gasteiger partial charge in [-0.3, -0.25) is 4.79 Å². The number of benzene rings is 2. The Hall–Kier alpha value is -2.70. The highest BCUT2D eigenvalue weighted by atomic mass is 35.5. The van der Waals surface area contributed by atoms with Crippen LogP contribution in [0.3, 0.4) is 0 Å². The molecule has 1 aliphatic rings. The number of carbonyl (C=O) groups excluding carboxylic acids is 1. The molecule has 4 rings (SSSR count). The summed E-state index contributed by atoms with van der Waals surface area (Å²) in [4.78, 5) is 19.5. The number of carbonyl (C=O) groups is 1. The monoisotopic (exact) mass is 411 g/mol. The first kappa shape index (κ1) is 21.0. The van der Waals surface area contributed by atoms with Crippen molar-refractivity contribution in [3.63, 3.8) is 0 Å². The molecule has 1 saturated heterocycles. The lowest BCUT2D eigenvalue weighted by Gasteiger charge is -2.16. The van der Waals surface area contributed by atoms with E-state index in [4.69, 9.17) is 5.73 Å². The molecule has 1 fully saturated rings. The Bertz CT molecular complexity index is 944. The summed E-state index contributed by atoms with van der Waals surface area (Å²) in [5.41, 5.74) is 8.15. The summed E-state index contributed by atoms with van der Waals surface area (Å²) in [7, 11) is 0. The summed E-state index contributed by atoms with van der Waals surface area (Å²) in [5.74, 6) is 1.40. The van der Waals surface area contributed by atoms with Gasteiger partial charge in [0.15, 0.2) is 0 Å². The topological polar surface area (TPSA) is 77.0 Å². The summed E-state index contributed by atoms with van der Waals surface area (Å²) in [6, 6.07) is 20.1. The van der Waals surface area contributed by atoms with E-state index >= 15 is 0 Å². The predicted molar refractivity (Wildman–Crippen MR) is 116 cm³/mol. The largest absolute Gasteiger partial charge is 0.335 e. The molecule has 2 heterocycles. The Balaban J connectivity index is 0.00000240. The number of nitrogens with two attached hydrogens (primary N) is 1. The standard InChI is InChI=1S/C22H25N5O.ClH/c1-2-20-24-21(25-27(20)18-11-7-4-8-12-18)22(28)26-14-17(13-23)19(15-26)16-9-5-3-6-10-16;/h3-12,17,19H,2,13-15,23H2,1H3;1H/t17-,19+;/m1./s1. The zero-order valence-corrected chi connectivity index (χ0v) is 17.3. The van der Waals surface area contributed by atoms with Gasteiger partial charge in [0, 0.05) is 25.4 Å². The molecule has 1 aliphatic heterocycles. The lowest BCUT2D eigenvalue weighted by atomic mass is 9.89. The maximum atomic E-state index is 13.1. The fourth-order valence-electron chi connectivity index (χ4n) is 3.93. The third-order valence-electron chi connectivity index (χ3n) is 5.44. The number of aromatic nitrogens is 3. The van der Waals surface area contributed by atoms with Gasteiger partial charge in [0.05, 0.1) is 5.69 Å². The number of aryl methyl sites for hydroxylation is 1. The van der Waals surface area contributed by atoms with Crippen LogP contribution in [0.4, 0.5) is 0 Å². The summed E-state index contributed by atoms with van der Waals surface area (Å²) in [6.45, 7) is 3.85. The molecule has 7 heteroatoms. The molecule has 2 aromatic carbocycles. The van der Waals surface area contributed by atoms with E-state index in [1.165, 1.54) is 5.56 Å². The third kappa shape index (κ3) is 4.18. The second-order valence-corrected chi connectivity index (χ2v) is 7.18. The third-order valence-corrected chi connectivity index (χ3v) is 5.44. The maximum absolute atomic E-state index is 13.1. The Labute approximate surface area is 177 Å².